The number of benzene rings is 1. The number of hydrogen-bond donors (Lipinski definition) is 2. The number of piperidine rings is 1. The first-order valence-electron chi connectivity index (χ1n) is 10.00. The number of hydrogen-bond acceptors (Lipinski definition) is 5. The summed E-state index contributed by atoms with van der Waals surface area (Å²) in [4.78, 5) is 23.7. The van der Waals surface area contributed by atoms with E-state index in [9.17, 15) is 23.1 Å². The summed E-state index contributed by atoms with van der Waals surface area (Å²) in [5.41, 5.74) is 0.108. The van der Waals surface area contributed by atoms with Crippen LogP contribution in [0.3, 0.4) is 0 Å². The Balaban J connectivity index is 1.40. The molecular formula is C22H21F3N4O2S. The number of likely N-dealkylation sites (tertiary alicyclic amines) is 1. The average molecular weight is 462 g/mol. The largest absolute Gasteiger partial charge is 0.416 e. The van der Waals surface area contributed by atoms with Gasteiger partial charge in [0, 0.05) is 54.5 Å². The normalized spacial score (nSPS) is 16.1. The topological polar surface area (TPSA) is 78.4 Å². The highest BCUT2D eigenvalue weighted by atomic mass is 32.1. The summed E-state index contributed by atoms with van der Waals surface area (Å²) in [7, 11) is 0. The fourth-order valence-corrected chi connectivity index (χ4v) is 4.69. The van der Waals surface area contributed by atoms with Crippen LogP contribution in [0.5, 0.6) is 0 Å². The number of carbonyl (C=O) groups is 1. The number of aromatic nitrogens is 2. The third-order valence-corrected chi connectivity index (χ3v) is 6.65. The standard InChI is InChI=1S/C22H21F3N4O2S/c1-14-18(15-6-10-26-11-7-15)28-19(32-14)21(31)8-12-29(13-9-21)20(30)27-17-4-2-16(3-5-17)22(23,24)25/h2-7,10-11,31H,8-9,12-13H2,1H3,(H,27,30). The molecule has 0 atom stereocenters. The molecule has 1 fully saturated rings. The van der Waals surface area contributed by atoms with Crippen LogP contribution < -0.4 is 5.32 Å². The number of nitrogens with one attached hydrogen (secondary N) is 1. The van der Waals surface area contributed by atoms with Gasteiger partial charge in [0.2, 0.25) is 0 Å². The van der Waals surface area contributed by atoms with E-state index in [0.29, 0.717) is 30.9 Å². The number of carbonyl (C=O) groups excluding carboxylic acids is 1. The molecule has 32 heavy (non-hydrogen) atoms. The summed E-state index contributed by atoms with van der Waals surface area (Å²) in [6.07, 6.45) is -0.413. The Labute approximate surface area is 186 Å². The smallest absolute Gasteiger partial charge is 0.383 e. The molecule has 0 unspecified atom stereocenters. The Morgan fingerprint density at radius 3 is 2.34 bits per heavy atom. The second-order valence-electron chi connectivity index (χ2n) is 7.68. The number of amides is 2. The third kappa shape index (κ3) is 4.61. The van der Waals surface area contributed by atoms with Gasteiger partial charge in [0.05, 0.1) is 11.3 Å². The Hall–Kier alpha value is -2.98. The van der Waals surface area contributed by atoms with Crippen molar-refractivity contribution >= 4 is 23.1 Å². The van der Waals surface area contributed by atoms with Crippen molar-refractivity contribution in [2.75, 3.05) is 18.4 Å². The summed E-state index contributed by atoms with van der Waals surface area (Å²) in [5, 5.41) is 14.4. The number of aliphatic hydroxyl groups is 1. The van der Waals surface area contributed by atoms with Gasteiger partial charge in [-0.15, -0.1) is 11.3 Å². The molecule has 1 aliphatic rings. The highest BCUT2D eigenvalue weighted by Crippen LogP contribution is 2.39. The second kappa shape index (κ2) is 8.51. The Morgan fingerprint density at radius 2 is 1.75 bits per heavy atom. The van der Waals surface area contributed by atoms with Gasteiger partial charge in [-0.1, -0.05) is 0 Å². The van der Waals surface area contributed by atoms with Crippen LogP contribution in [-0.2, 0) is 11.8 Å². The first-order valence-corrected chi connectivity index (χ1v) is 10.8. The molecule has 0 spiro atoms. The van der Waals surface area contributed by atoms with Crippen molar-refractivity contribution in [1.29, 1.82) is 0 Å². The molecule has 10 heteroatoms. The predicted molar refractivity (Wildman–Crippen MR) is 115 cm³/mol. The number of aryl methyl sites for hydroxylation is 1. The van der Waals surface area contributed by atoms with E-state index < -0.39 is 23.4 Å². The number of rotatable bonds is 3. The molecule has 1 saturated heterocycles. The van der Waals surface area contributed by atoms with Crippen LogP contribution in [0.25, 0.3) is 11.3 Å². The number of alkyl halides is 3. The molecule has 2 aromatic heterocycles. The minimum Gasteiger partial charge on any atom is -0.383 e. The van der Waals surface area contributed by atoms with Gasteiger partial charge in [-0.05, 0) is 43.3 Å². The van der Waals surface area contributed by atoms with Crippen LogP contribution in [0.1, 0.15) is 28.3 Å². The number of thiazole rings is 1. The maximum absolute atomic E-state index is 12.7. The monoisotopic (exact) mass is 462 g/mol. The highest BCUT2D eigenvalue weighted by Gasteiger charge is 2.38. The van der Waals surface area contributed by atoms with Crippen LogP contribution in [0, 0.1) is 6.92 Å². The summed E-state index contributed by atoms with van der Waals surface area (Å²) >= 11 is 1.44. The maximum Gasteiger partial charge on any atom is 0.416 e. The molecule has 0 bridgehead atoms. The molecule has 2 amide bonds. The van der Waals surface area contributed by atoms with Crippen LogP contribution in [0.2, 0.25) is 0 Å². The molecule has 3 aromatic rings. The average Bonchev–Trinajstić information content (AvgIpc) is 3.17. The zero-order valence-electron chi connectivity index (χ0n) is 17.2. The molecular weight excluding hydrogens is 441 g/mol. The van der Waals surface area contributed by atoms with E-state index in [4.69, 9.17) is 0 Å². The molecule has 0 saturated carbocycles. The van der Waals surface area contributed by atoms with E-state index >= 15 is 0 Å². The van der Waals surface area contributed by atoms with Crippen LogP contribution in [0.4, 0.5) is 23.7 Å². The van der Waals surface area contributed by atoms with E-state index in [1.54, 1.807) is 12.4 Å². The van der Waals surface area contributed by atoms with Crippen LogP contribution in [-0.4, -0.2) is 39.1 Å². The van der Waals surface area contributed by atoms with E-state index in [0.717, 1.165) is 28.3 Å². The van der Waals surface area contributed by atoms with Crippen LogP contribution >= 0.6 is 11.3 Å². The van der Waals surface area contributed by atoms with Crippen molar-refractivity contribution in [3.8, 4) is 11.3 Å². The van der Waals surface area contributed by atoms with Crippen molar-refractivity contribution in [3.05, 3.63) is 64.2 Å². The molecule has 168 valence electrons. The van der Waals surface area contributed by atoms with Crippen molar-refractivity contribution in [1.82, 2.24) is 14.9 Å². The fraction of sp³-hybridized carbons (Fsp3) is 0.318. The molecule has 3 heterocycles. The summed E-state index contributed by atoms with van der Waals surface area (Å²) in [6.45, 7) is 2.55. The number of nitrogens with zero attached hydrogens (tertiary/aromatic N) is 3. The molecule has 0 aliphatic carbocycles. The van der Waals surface area contributed by atoms with E-state index in [-0.39, 0.29) is 5.69 Å². The van der Waals surface area contributed by atoms with Crippen molar-refractivity contribution in [2.24, 2.45) is 0 Å². The Kier molecular flexibility index (Phi) is 5.91. The zero-order valence-corrected chi connectivity index (χ0v) is 18.0. The van der Waals surface area contributed by atoms with Gasteiger partial charge in [0.15, 0.2) is 0 Å². The predicted octanol–water partition coefficient (Wildman–Crippen LogP) is 5.05. The minimum atomic E-state index is -4.43. The minimum absolute atomic E-state index is 0.279. The zero-order chi connectivity index (χ0) is 22.9. The molecule has 4 rings (SSSR count). The maximum atomic E-state index is 12.7. The second-order valence-corrected chi connectivity index (χ2v) is 8.89. The van der Waals surface area contributed by atoms with Crippen molar-refractivity contribution < 1.29 is 23.1 Å². The van der Waals surface area contributed by atoms with E-state index in [1.807, 2.05) is 19.1 Å². The van der Waals surface area contributed by atoms with Gasteiger partial charge >= 0.3 is 12.2 Å². The van der Waals surface area contributed by atoms with Crippen molar-refractivity contribution in [2.45, 2.75) is 31.5 Å². The lowest BCUT2D eigenvalue weighted by molar-refractivity contribution is -0.137. The van der Waals surface area contributed by atoms with E-state index in [1.165, 1.54) is 28.4 Å². The molecule has 1 aliphatic heterocycles. The fourth-order valence-electron chi connectivity index (χ4n) is 3.61. The number of anilines is 1. The van der Waals surface area contributed by atoms with Gasteiger partial charge in [0.1, 0.15) is 10.6 Å². The van der Waals surface area contributed by atoms with Gasteiger partial charge in [0.25, 0.3) is 0 Å². The molecule has 1 aromatic carbocycles. The lowest BCUT2D eigenvalue weighted by atomic mass is 9.92. The third-order valence-electron chi connectivity index (χ3n) is 5.49. The lowest BCUT2D eigenvalue weighted by Crippen LogP contribution is -2.46. The van der Waals surface area contributed by atoms with Gasteiger partial charge in [-0.2, -0.15) is 13.2 Å². The van der Waals surface area contributed by atoms with E-state index in [2.05, 4.69) is 15.3 Å². The SMILES string of the molecule is Cc1sc(C2(O)CCN(C(=O)Nc3ccc(C(F)(F)F)cc3)CC2)nc1-c1ccncc1. The molecule has 0 radical (unpaired) electrons. The Bertz CT molecular complexity index is 1090. The van der Waals surface area contributed by atoms with Crippen LogP contribution in [0.15, 0.2) is 48.8 Å². The molecule has 6 nitrogen and oxygen atoms in total. The van der Waals surface area contributed by atoms with Crippen molar-refractivity contribution in [3.63, 3.8) is 0 Å². The first kappa shape index (κ1) is 22.2. The summed E-state index contributed by atoms with van der Waals surface area (Å²) in [5.74, 6) is 0. The lowest BCUT2D eigenvalue weighted by Gasteiger charge is -2.36. The Morgan fingerprint density at radius 1 is 1.12 bits per heavy atom. The van der Waals surface area contributed by atoms with Gasteiger partial charge in [-0.3, -0.25) is 4.98 Å². The molecule has 2 N–H and O–H groups in total. The summed E-state index contributed by atoms with van der Waals surface area (Å²) < 4.78 is 38.0. The number of pyridine rings is 1. The first-order chi connectivity index (χ1) is 15.2. The number of urea groups is 1. The van der Waals surface area contributed by atoms with Gasteiger partial charge in [-0.25, -0.2) is 9.78 Å². The van der Waals surface area contributed by atoms with Gasteiger partial charge < -0.3 is 15.3 Å². The summed E-state index contributed by atoms with van der Waals surface area (Å²) in [6, 6.07) is 7.61. The number of halogens is 3. The highest BCUT2D eigenvalue weighted by molar-refractivity contribution is 7.12. The quantitative estimate of drug-likeness (QED) is 0.571.